The summed E-state index contributed by atoms with van der Waals surface area (Å²) < 4.78 is 5.30. The van der Waals surface area contributed by atoms with Crippen molar-refractivity contribution in [2.75, 3.05) is 40.8 Å². The maximum atomic E-state index is 5.30. The molecule has 2 N–H and O–H groups in total. The molecule has 1 aromatic rings. The van der Waals surface area contributed by atoms with Crippen molar-refractivity contribution >= 4 is 0 Å². The molecule has 2 unspecified atom stereocenters. The second-order valence-electron chi connectivity index (χ2n) is 5.27. The van der Waals surface area contributed by atoms with E-state index < -0.39 is 0 Å². The van der Waals surface area contributed by atoms with Gasteiger partial charge in [0.2, 0.25) is 0 Å². The normalized spacial score (nSPS) is 22.2. The second-order valence-corrected chi connectivity index (χ2v) is 5.27. The van der Waals surface area contributed by atoms with E-state index in [1.54, 1.807) is 7.11 Å². The molecule has 0 amide bonds. The van der Waals surface area contributed by atoms with Crippen molar-refractivity contribution in [3.8, 4) is 5.75 Å². The van der Waals surface area contributed by atoms with E-state index in [-0.39, 0.29) is 0 Å². The lowest BCUT2D eigenvalue weighted by Crippen LogP contribution is -2.50. The number of ether oxygens (including phenoxy) is 1. The van der Waals surface area contributed by atoms with Crippen molar-refractivity contribution in [2.24, 2.45) is 0 Å². The molecule has 1 saturated heterocycles. The van der Waals surface area contributed by atoms with E-state index >= 15 is 0 Å². The summed E-state index contributed by atoms with van der Waals surface area (Å²) in [6, 6.07) is 9.23. The van der Waals surface area contributed by atoms with Crippen molar-refractivity contribution in [3.63, 3.8) is 0 Å². The molecular weight excluding hydrogens is 238 g/mol. The van der Waals surface area contributed by atoms with Gasteiger partial charge < -0.3 is 20.3 Å². The second kappa shape index (κ2) is 6.89. The van der Waals surface area contributed by atoms with Crippen LogP contribution in [0.15, 0.2) is 24.3 Å². The third-order valence-electron chi connectivity index (χ3n) is 3.82. The summed E-state index contributed by atoms with van der Waals surface area (Å²) in [7, 11) is 5.93. The molecular formula is C15H25N3O. The van der Waals surface area contributed by atoms with E-state index in [0.29, 0.717) is 12.1 Å². The van der Waals surface area contributed by atoms with Crippen LogP contribution in [0.25, 0.3) is 0 Å². The zero-order valence-electron chi connectivity index (χ0n) is 12.1. The monoisotopic (exact) mass is 263 g/mol. The van der Waals surface area contributed by atoms with Crippen LogP contribution >= 0.6 is 0 Å². The van der Waals surface area contributed by atoms with E-state index in [4.69, 9.17) is 4.74 Å². The molecule has 4 nitrogen and oxygen atoms in total. The van der Waals surface area contributed by atoms with Gasteiger partial charge in [-0.25, -0.2) is 0 Å². The van der Waals surface area contributed by atoms with Crippen molar-refractivity contribution in [2.45, 2.75) is 18.5 Å². The summed E-state index contributed by atoms with van der Waals surface area (Å²) in [5.41, 5.74) is 1.29. The number of piperazine rings is 1. The smallest absolute Gasteiger partial charge is 0.119 e. The van der Waals surface area contributed by atoms with Gasteiger partial charge in [0.15, 0.2) is 0 Å². The third-order valence-corrected chi connectivity index (χ3v) is 3.82. The van der Waals surface area contributed by atoms with Crippen molar-refractivity contribution in [1.82, 2.24) is 15.5 Å². The lowest BCUT2D eigenvalue weighted by molar-refractivity contribution is 0.222. The fraction of sp³-hybridized carbons (Fsp3) is 0.600. The van der Waals surface area contributed by atoms with Crippen LogP contribution < -0.4 is 15.4 Å². The Bertz CT molecular complexity index is 397. The van der Waals surface area contributed by atoms with Gasteiger partial charge in [0, 0.05) is 31.7 Å². The first-order chi connectivity index (χ1) is 9.22. The van der Waals surface area contributed by atoms with Crippen LogP contribution in [0.2, 0.25) is 0 Å². The molecule has 2 atom stereocenters. The van der Waals surface area contributed by atoms with Crippen LogP contribution in [-0.4, -0.2) is 51.8 Å². The van der Waals surface area contributed by atoms with Gasteiger partial charge in [0.1, 0.15) is 5.75 Å². The van der Waals surface area contributed by atoms with Crippen molar-refractivity contribution in [1.29, 1.82) is 0 Å². The largest absolute Gasteiger partial charge is 0.497 e. The third kappa shape index (κ3) is 3.93. The first-order valence-electron chi connectivity index (χ1n) is 6.96. The summed E-state index contributed by atoms with van der Waals surface area (Å²) >= 11 is 0. The van der Waals surface area contributed by atoms with Gasteiger partial charge in [0.25, 0.3) is 0 Å². The summed E-state index contributed by atoms with van der Waals surface area (Å²) in [5.74, 6) is 0.923. The van der Waals surface area contributed by atoms with Gasteiger partial charge >= 0.3 is 0 Å². The standard InChI is InChI=1S/C15H25N3O/c1-16-15(10-13-11-18(2)8-7-17-13)12-5-4-6-14(9-12)19-3/h4-6,9,13,15-17H,7-8,10-11H2,1-3H3. The summed E-state index contributed by atoms with van der Waals surface area (Å²) in [6.45, 7) is 3.33. The predicted octanol–water partition coefficient (Wildman–Crippen LogP) is 1.25. The number of hydrogen-bond donors (Lipinski definition) is 2. The summed E-state index contributed by atoms with van der Waals surface area (Å²) in [5, 5.41) is 7.02. The average molecular weight is 263 g/mol. The average Bonchev–Trinajstić information content (AvgIpc) is 2.45. The molecule has 0 bridgehead atoms. The molecule has 0 radical (unpaired) electrons. The van der Waals surface area contributed by atoms with Crippen LogP contribution in [0.3, 0.4) is 0 Å². The highest BCUT2D eigenvalue weighted by atomic mass is 16.5. The minimum atomic E-state index is 0.360. The Kier molecular flexibility index (Phi) is 5.19. The Morgan fingerprint density at radius 1 is 1.53 bits per heavy atom. The molecule has 1 aliphatic rings. The Morgan fingerprint density at radius 3 is 3.05 bits per heavy atom. The Hall–Kier alpha value is -1.10. The maximum Gasteiger partial charge on any atom is 0.119 e. The fourth-order valence-corrected chi connectivity index (χ4v) is 2.71. The molecule has 106 valence electrons. The van der Waals surface area contributed by atoms with Crippen LogP contribution in [0.5, 0.6) is 5.75 Å². The first kappa shape index (κ1) is 14.3. The van der Waals surface area contributed by atoms with Gasteiger partial charge in [-0.3, -0.25) is 0 Å². The topological polar surface area (TPSA) is 36.5 Å². The Morgan fingerprint density at radius 2 is 2.37 bits per heavy atom. The summed E-state index contributed by atoms with van der Waals surface area (Å²) in [6.07, 6.45) is 1.09. The van der Waals surface area contributed by atoms with Gasteiger partial charge in [-0.05, 0) is 38.2 Å². The number of likely N-dealkylation sites (N-methyl/N-ethyl adjacent to an activating group) is 1. The number of hydrogen-bond acceptors (Lipinski definition) is 4. The quantitative estimate of drug-likeness (QED) is 0.838. The lowest BCUT2D eigenvalue weighted by atomic mass is 9.98. The fourth-order valence-electron chi connectivity index (χ4n) is 2.71. The molecule has 4 heteroatoms. The minimum absolute atomic E-state index is 0.360. The van der Waals surface area contributed by atoms with Crippen molar-refractivity contribution < 1.29 is 4.74 Å². The zero-order chi connectivity index (χ0) is 13.7. The van der Waals surface area contributed by atoms with Gasteiger partial charge in [-0.2, -0.15) is 0 Å². The predicted molar refractivity (Wildman–Crippen MR) is 78.7 cm³/mol. The number of rotatable bonds is 5. The van der Waals surface area contributed by atoms with E-state index in [1.165, 1.54) is 5.56 Å². The molecule has 0 aromatic heterocycles. The highest BCUT2D eigenvalue weighted by Gasteiger charge is 2.21. The van der Waals surface area contributed by atoms with Gasteiger partial charge in [0.05, 0.1) is 7.11 Å². The molecule has 0 saturated carbocycles. The number of methoxy groups -OCH3 is 1. The summed E-state index contributed by atoms with van der Waals surface area (Å²) in [4.78, 5) is 2.39. The van der Waals surface area contributed by atoms with E-state index in [0.717, 1.165) is 31.8 Å². The first-order valence-corrected chi connectivity index (χ1v) is 6.96. The van der Waals surface area contributed by atoms with E-state index in [1.807, 2.05) is 13.1 Å². The lowest BCUT2D eigenvalue weighted by Gasteiger charge is -2.33. The highest BCUT2D eigenvalue weighted by molar-refractivity contribution is 5.30. The molecule has 1 fully saturated rings. The van der Waals surface area contributed by atoms with Crippen LogP contribution in [0.1, 0.15) is 18.0 Å². The molecule has 0 spiro atoms. The van der Waals surface area contributed by atoms with E-state index in [9.17, 15) is 0 Å². The highest BCUT2D eigenvalue weighted by Crippen LogP contribution is 2.23. The Labute approximate surface area is 116 Å². The molecule has 1 heterocycles. The maximum absolute atomic E-state index is 5.30. The Balaban J connectivity index is 2.02. The SMILES string of the molecule is CNC(CC1CN(C)CCN1)c1cccc(OC)c1. The molecule has 2 rings (SSSR count). The van der Waals surface area contributed by atoms with Crippen LogP contribution in [-0.2, 0) is 0 Å². The van der Waals surface area contributed by atoms with Gasteiger partial charge in [-0.15, -0.1) is 0 Å². The van der Waals surface area contributed by atoms with E-state index in [2.05, 4.69) is 40.8 Å². The zero-order valence-corrected chi connectivity index (χ0v) is 12.1. The minimum Gasteiger partial charge on any atom is -0.497 e. The molecule has 1 aliphatic heterocycles. The van der Waals surface area contributed by atoms with Gasteiger partial charge in [-0.1, -0.05) is 12.1 Å². The molecule has 0 aliphatic carbocycles. The number of benzene rings is 1. The van der Waals surface area contributed by atoms with Crippen LogP contribution in [0.4, 0.5) is 0 Å². The van der Waals surface area contributed by atoms with Crippen LogP contribution in [0, 0.1) is 0 Å². The molecule has 19 heavy (non-hydrogen) atoms. The number of nitrogens with zero attached hydrogens (tertiary/aromatic N) is 1. The molecule has 1 aromatic carbocycles. The van der Waals surface area contributed by atoms with Crippen molar-refractivity contribution in [3.05, 3.63) is 29.8 Å². The number of nitrogens with one attached hydrogen (secondary N) is 2.